The Kier molecular flexibility index (Phi) is 3.24. The Morgan fingerprint density at radius 1 is 1.44 bits per heavy atom. The monoisotopic (exact) mass is 224 g/mol. The lowest BCUT2D eigenvalue weighted by atomic mass is 9.67. The van der Waals surface area contributed by atoms with Gasteiger partial charge in [-0.3, -0.25) is 4.79 Å². The highest BCUT2D eigenvalue weighted by Crippen LogP contribution is 2.43. The molecule has 92 valence electrons. The van der Waals surface area contributed by atoms with E-state index in [1.165, 1.54) is 19.3 Å². The van der Waals surface area contributed by atoms with Gasteiger partial charge in [0.2, 0.25) is 5.91 Å². The van der Waals surface area contributed by atoms with Gasteiger partial charge in [-0.1, -0.05) is 20.3 Å². The summed E-state index contributed by atoms with van der Waals surface area (Å²) in [5.74, 6) is 0.900. The van der Waals surface area contributed by atoms with Crippen LogP contribution < -0.4 is 5.73 Å². The summed E-state index contributed by atoms with van der Waals surface area (Å²) < 4.78 is 0. The molecule has 0 heterocycles. The maximum atomic E-state index is 12.5. The van der Waals surface area contributed by atoms with Crippen LogP contribution in [0.4, 0.5) is 0 Å². The van der Waals surface area contributed by atoms with Crippen LogP contribution in [0.25, 0.3) is 0 Å². The van der Waals surface area contributed by atoms with E-state index in [4.69, 9.17) is 5.73 Å². The van der Waals surface area contributed by atoms with Crippen LogP contribution in [-0.2, 0) is 4.79 Å². The van der Waals surface area contributed by atoms with Crippen molar-refractivity contribution in [3.8, 4) is 0 Å². The first-order valence-electron chi connectivity index (χ1n) is 6.60. The molecule has 3 nitrogen and oxygen atoms in total. The van der Waals surface area contributed by atoms with Crippen LogP contribution in [0.5, 0.6) is 0 Å². The third-order valence-corrected chi connectivity index (χ3v) is 3.97. The van der Waals surface area contributed by atoms with Gasteiger partial charge in [-0.2, -0.15) is 0 Å². The number of nitrogens with zero attached hydrogens (tertiary/aromatic N) is 1. The minimum atomic E-state index is -0.183. The van der Waals surface area contributed by atoms with Crippen molar-refractivity contribution >= 4 is 5.91 Å². The fraction of sp³-hybridized carbons (Fsp3) is 0.923. The summed E-state index contributed by atoms with van der Waals surface area (Å²) in [6, 6.07) is 0.527. The van der Waals surface area contributed by atoms with Crippen molar-refractivity contribution in [1.29, 1.82) is 0 Å². The van der Waals surface area contributed by atoms with Crippen molar-refractivity contribution in [2.45, 2.75) is 52.0 Å². The van der Waals surface area contributed by atoms with Crippen molar-refractivity contribution in [2.75, 3.05) is 13.1 Å². The molecule has 0 bridgehead atoms. The van der Waals surface area contributed by atoms with Gasteiger partial charge in [0.25, 0.3) is 0 Å². The minimum Gasteiger partial charge on any atom is -0.339 e. The van der Waals surface area contributed by atoms with E-state index in [2.05, 4.69) is 18.7 Å². The largest absolute Gasteiger partial charge is 0.339 e. The topological polar surface area (TPSA) is 46.3 Å². The molecular formula is C13H24N2O. The van der Waals surface area contributed by atoms with Crippen molar-refractivity contribution in [1.82, 2.24) is 4.90 Å². The summed E-state index contributed by atoms with van der Waals surface area (Å²) in [5.41, 5.74) is 5.63. The third kappa shape index (κ3) is 2.10. The molecule has 16 heavy (non-hydrogen) atoms. The van der Waals surface area contributed by atoms with Gasteiger partial charge in [0.15, 0.2) is 0 Å². The van der Waals surface area contributed by atoms with Gasteiger partial charge in [-0.05, 0) is 31.6 Å². The molecule has 0 radical (unpaired) electrons. The Balaban J connectivity index is 2.04. The Hall–Kier alpha value is -0.570. The number of hydrogen-bond acceptors (Lipinski definition) is 2. The van der Waals surface area contributed by atoms with Crippen LogP contribution >= 0.6 is 0 Å². The molecular weight excluding hydrogens is 200 g/mol. The molecule has 0 spiro atoms. The van der Waals surface area contributed by atoms with Gasteiger partial charge in [-0.15, -0.1) is 0 Å². The highest BCUT2D eigenvalue weighted by atomic mass is 16.2. The van der Waals surface area contributed by atoms with Gasteiger partial charge in [0, 0.05) is 19.1 Å². The predicted molar refractivity (Wildman–Crippen MR) is 64.9 cm³/mol. The molecule has 0 aromatic heterocycles. The van der Waals surface area contributed by atoms with E-state index in [0.717, 1.165) is 19.4 Å². The summed E-state index contributed by atoms with van der Waals surface area (Å²) in [7, 11) is 0. The lowest BCUT2D eigenvalue weighted by molar-refractivity contribution is -0.147. The van der Waals surface area contributed by atoms with Crippen LogP contribution in [-0.4, -0.2) is 29.9 Å². The average molecular weight is 224 g/mol. The third-order valence-electron chi connectivity index (χ3n) is 3.97. The van der Waals surface area contributed by atoms with Crippen molar-refractivity contribution < 1.29 is 4.79 Å². The zero-order chi connectivity index (χ0) is 11.8. The van der Waals surface area contributed by atoms with E-state index in [1.807, 2.05) is 0 Å². The molecule has 2 rings (SSSR count). The zero-order valence-electron chi connectivity index (χ0n) is 10.5. The fourth-order valence-electron chi connectivity index (χ4n) is 2.59. The van der Waals surface area contributed by atoms with E-state index in [-0.39, 0.29) is 5.41 Å². The molecule has 0 unspecified atom stereocenters. The quantitative estimate of drug-likeness (QED) is 0.773. The lowest BCUT2D eigenvalue weighted by Gasteiger charge is -2.43. The second kappa shape index (κ2) is 4.36. The average Bonchev–Trinajstić information content (AvgIpc) is 2.96. The highest BCUT2D eigenvalue weighted by Gasteiger charge is 2.47. The van der Waals surface area contributed by atoms with Crippen LogP contribution in [0.15, 0.2) is 0 Å². The minimum absolute atomic E-state index is 0.183. The van der Waals surface area contributed by atoms with E-state index < -0.39 is 0 Å². The normalized spacial score (nSPS) is 23.0. The van der Waals surface area contributed by atoms with Crippen LogP contribution in [0.2, 0.25) is 0 Å². The zero-order valence-corrected chi connectivity index (χ0v) is 10.5. The first kappa shape index (κ1) is 11.9. The number of carbonyl (C=O) groups is 1. The van der Waals surface area contributed by atoms with Gasteiger partial charge in [0.1, 0.15) is 0 Å². The number of rotatable bonds is 5. The van der Waals surface area contributed by atoms with E-state index >= 15 is 0 Å². The maximum absolute atomic E-state index is 12.5. The van der Waals surface area contributed by atoms with E-state index in [0.29, 0.717) is 24.4 Å². The Morgan fingerprint density at radius 3 is 2.38 bits per heavy atom. The molecule has 0 saturated heterocycles. The van der Waals surface area contributed by atoms with E-state index in [9.17, 15) is 4.79 Å². The smallest absolute Gasteiger partial charge is 0.230 e. The molecule has 0 aromatic carbocycles. The summed E-state index contributed by atoms with van der Waals surface area (Å²) in [6.07, 6.45) is 5.56. The summed E-state index contributed by atoms with van der Waals surface area (Å²) in [6.45, 7) is 5.80. The Morgan fingerprint density at radius 2 is 2.06 bits per heavy atom. The van der Waals surface area contributed by atoms with Crippen LogP contribution in [0, 0.1) is 11.3 Å². The van der Waals surface area contributed by atoms with Crippen molar-refractivity contribution in [3.63, 3.8) is 0 Å². The molecule has 2 fully saturated rings. The molecule has 2 N–H and O–H groups in total. The second-order valence-electron chi connectivity index (χ2n) is 5.92. The number of nitrogens with two attached hydrogens (primary N) is 1. The van der Waals surface area contributed by atoms with E-state index in [1.54, 1.807) is 0 Å². The molecule has 0 atom stereocenters. The second-order valence-corrected chi connectivity index (χ2v) is 5.92. The lowest BCUT2D eigenvalue weighted by Crippen LogP contribution is -2.53. The van der Waals surface area contributed by atoms with Gasteiger partial charge < -0.3 is 10.6 Å². The van der Waals surface area contributed by atoms with Crippen molar-refractivity contribution in [3.05, 3.63) is 0 Å². The Labute approximate surface area is 98.4 Å². The van der Waals surface area contributed by atoms with Gasteiger partial charge in [0.05, 0.1) is 5.41 Å². The van der Waals surface area contributed by atoms with Crippen molar-refractivity contribution in [2.24, 2.45) is 17.1 Å². The number of hydrogen-bond donors (Lipinski definition) is 1. The first-order chi connectivity index (χ1) is 7.59. The van der Waals surface area contributed by atoms with Gasteiger partial charge >= 0.3 is 0 Å². The van der Waals surface area contributed by atoms with Gasteiger partial charge in [-0.25, -0.2) is 0 Å². The van der Waals surface area contributed by atoms with Crippen LogP contribution in [0.3, 0.4) is 0 Å². The van der Waals surface area contributed by atoms with Crippen LogP contribution in [0.1, 0.15) is 46.0 Å². The fourth-order valence-corrected chi connectivity index (χ4v) is 2.59. The summed E-state index contributed by atoms with van der Waals surface area (Å²) >= 11 is 0. The maximum Gasteiger partial charge on any atom is 0.230 e. The highest BCUT2D eigenvalue weighted by molar-refractivity contribution is 5.84. The molecule has 3 heteroatoms. The molecule has 2 saturated carbocycles. The standard InChI is InChI=1S/C13H24N2O/c1-10(2)8-15(11-4-5-11)12(16)13(9-14)6-3-7-13/h10-11H,3-9,14H2,1-2H3. The molecule has 2 aliphatic rings. The molecule has 1 amide bonds. The first-order valence-corrected chi connectivity index (χ1v) is 6.60. The molecule has 2 aliphatic carbocycles. The number of carbonyl (C=O) groups excluding carboxylic acids is 1. The Bertz CT molecular complexity index is 262. The predicted octanol–water partition coefficient (Wildman–Crippen LogP) is 1.76. The number of amides is 1. The molecule has 0 aliphatic heterocycles. The summed E-state index contributed by atoms with van der Waals surface area (Å²) in [4.78, 5) is 14.7. The molecule has 0 aromatic rings. The summed E-state index contributed by atoms with van der Waals surface area (Å²) in [5, 5.41) is 0. The SMILES string of the molecule is CC(C)CN(C(=O)C1(CN)CCC1)C1CC1.